The number of ether oxygens (including phenoxy) is 1. The highest BCUT2D eigenvalue weighted by Crippen LogP contribution is 2.30. The fraction of sp³-hybridized carbons (Fsp3) is 0.429. The molecule has 0 aliphatic carbocycles. The molecule has 1 saturated heterocycles. The summed E-state index contributed by atoms with van der Waals surface area (Å²) in [6.07, 6.45) is 1.38. The number of aromatic nitrogens is 3. The highest BCUT2D eigenvalue weighted by Gasteiger charge is 2.17. The van der Waals surface area contributed by atoms with Gasteiger partial charge in [0.15, 0.2) is 0 Å². The van der Waals surface area contributed by atoms with Crippen LogP contribution < -0.4 is 4.74 Å². The van der Waals surface area contributed by atoms with Gasteiger partial charge >= 0.3 is 0 Å². The molecule has 1 atom stereocenters. The van der Waals surface area contributed by atoms with Gasteiger partial charge in [0.05, 0.1) is 11.8 Å². The number of pyridine rings is 1. The number of fused-ring (bicyclic) bond motifs is 1. The zero-order chi connectivity index (χ0) is 19.5. The van der Waals surface area contributed by atoms with Crippen LogP contribution >= 0.6 is 0 Å². The Morgan fingerprint density at radius 3 is 2.64 bits per heavy atom. The maximum absolute atomic E-state index is 10.2. The van der Waals surface area contributed by atoms with Crippen molar-refractivity contribution in [1.29, 1.82) is 0 Å². The molecule has 1 N–H and O–H groups in total. The molecule has 0 saturated carbocycles. The van der Waals surface area contributed by atoms with E-state index in [0.29, 0.717) is 18.2 Å². The number of aliphatic hydroxyl groups is 1. The van der Waals surface area contributed by atoms with Crippen LogP contribution in [-0.2, 0) is 0 Å². The summed E-state index contributed by atoms with van der Waals surface area (Å²) in [6.45, 7) is 7.62. The van der Waals surface area contributed by atoms with Crippen LogP contribution in [0.25, 0.3) is 16.9 Å². The van der Waals surface area contributed by atoms with Gasteiger partial charge in [0, 0.05) is 56.1 Å². The fourth-order valence-electron chi connectivity index (χ4n) is 3.61. The molecule has 148 valence electrons. The molecule has 1 aliphatic rings. The van der Waals surface area contributed by atoms with Crippen molar-refractivity contribution in [3.8, 4) is 17.3 Å². The molecule has 0 amide bonds. The largest absolute Gasteiger partial charge is 0.475 e. The summed E-state index contributed by atoms with van der Waals surface area (Å²) in [7, 11) is 2.15. The van der Waals surface area contributed by atoms with Crippen LogP contribution in [0.3, 0.4) is 0 Å². The zero-order valence-electron chi connectivity index (χ0n) is 16.5. The van der Waals surface area contributed by atoms with E-state index in [1.54, 1.807) is 6.92 Å². The molecule has 0 bridgehead atoms. The quantitative estimate of drug-likeness (QED) is 0.705. The predicted molar refractivity (Wildman–Crippen MR) is 108 cm³/mol. The van der Waals surface area contributed by atoms with Gasteiger partial charge in [-0.25, -0.2) is 0 Å². The fourth-order valence-corrected chi connectivity index (χ4v) is 3.61. The van der Waals surface area contributed by atoms with E-state index in [0.717, 1.165) is 49.5 Å². The number of aliphatic hydroxyl groups excluding tert-OH is 1. The molecule has 0 aromatic carbocycles. The van der Waals surface area contributed by atoms with Crippen molar-refractivity contribution >= 4 is 5.52 Å². The lowest BCUT2D eigenvalue weighted by Gasteiger charge is -2.32. The SMILES string of the molecule is CC(O)c1cc2ccccn2c1-c1ccc(OCCN2CCN(C)CC2)nn1. The summed E-state index contributed by atoms with van der Waals surface area (Å²) in [4.78, 5) is 4.75. The lowest BCUT2D eigenvalue weighted by atomic mass is 10.1. The van der Waals surface area contributed by atoms with Crippen LogP contribution in [0.1, 0.15) is 18.6 Å². The number of nitrogens with zero attached hydrogens (tertiary/aromatic N) is 5. The van der Waals surface area contributed by atoms with Crippen molar-refractivity contribution < 1.29 is 9.84 Å². The van der Waals surface area contributed by atoms with Crippen LogP contribution in [0.2, 0.25) is 0 Å². The van der Waals surface area contributed by atoms with Gasteiger partial charge in [0.2, 0.25) is 5.88 Å². The Kier molecular flexibility index (Phi) is 5.57. The molecular formula is C21H27N5O2. The average molecular weight is 381 g/mol. The van der Waals surface area contributed by atoms with E-state index in [-0.39, 0.29) is 0 Å². The minimum absolute atomic E-state index is 0.525. The first-order valence-corrected chi connectivity index (χ1v) is 9.77. The molecule has 1 aliphatic heterocycles. The van der Waals surface area contributed by atoms with Crippen molar-refractivity contribution in [3.63, 3.8) is 0 Å². The first kappa shape index (κ1) is 18.9. The van der Waals surface area contributed by atoms with Crippen molar-refractivity contribution in [2.24, 2.45) is 0 Å². The van der Waals surface area contributed by atoms with Crippen molar-refractivity contribution in [1.82, 2.24) is 24.4 Å². The van der Waals surface area contributed by atoms with E-state index in [1.807, 2.05) is 47.0 Å². The highest BCUT2D eigenvalue weighted by atomic mass is 16.5. The monoisotopic (exact) mass is 381 g/mol. The molecule has 7 heteroatoms. The van der Waals surface area contributed by atoms with Gasteiger partial charge < -0.3 is 19.1 Å². The summed E-state index contributed by atoms with van der Waals surface area (Å²) in [5, 5.41) is 18.8. The highest BCUT2D eigenvalue weighted by molar-refractivity contribution is 5.69. The average Bonchev–Trinajstić information content (AvgIpc) is 3.10. The molecule has 3 aromatic heterocycles. The van der Waals surface area contributed by atoms with Crippen molar-refractivity contribution in [2.45, 2.75) is 13.0 Å². The molecule has 1 unspecified atom stereocenters. The Morgan fingerprint density at radius 1 is 1.11 bits per heavy atom. The molecule has 0 radical (unpaired) electrons. The Balaban J connectivity index is 1.45. The first-order chi connectivity index (χ1) is 13.6. The van der Waals surface area contributed by atoms with Gasteiger partial charge in [0.25, 0.3) is 0 Å². The second kappa shape index (κ2) is 8.26. The molecule has 7 nitrogen and oxygen atoms in total. The van der Waals surface area contributed by atoms with E-state index >= 15 is 0 Å². The smallest absolute Gasteiger partial charge is 0.233 e. The summed E-state index contributed by atoms with van der Waals surface area (Å²) in [6, 6.07) is 11.7. The normalized spacial score (nSPS) is 17.1. The van der Waals surface area contributed by atoms with Gasteiger partial charge in [-0.2, -0.15) is 0 Å². The van der Waals surface area contributed by atoms with E-state index in [2.05, 4.69) is 27.0 Å². The van der Waals surface area contributed by atoms with Crippen LogP contribution in [0.4, 0.5) is 0 Å². The van der Waals surface area contributed by atoms with Crippen molar-refractivity contribution in [2.75, 3.05) is 46.4 Å². The summed E-state index contributed by atoms with van der Waals surface area (Å²) in [5.74, 6) is 0.525. The zero-order valence-corrected chi connectivity index (χ0v) is 16.5. The molecule has 4 heterocycles. The summed E-state index contributed by atoms with van der Waals surface area (Å²) >= 11 is 0. The van der Waals surface area contributed by atoms with E-state index < -0.39 is 6.10 Å². The van der Waals surface area contributed by atoms with Crippen molar-refractivity contribution in [3.05, 3.63) is 48.2 Å². The molecule has 28 heavy (non-hydrogen) atoms. The number of hydrogen-bond acceptors (Lipinski definition) is 6. The second-order valence-corrected chi connectivity index (χ2v) is 7.37. The van der Waals surface area contributed by atoms with Crippen LogP contribution in [0.15, 0.2) is 42.6 Å². The topological polar surface area (TPSA) is 66.1 Å². The first-order valence-electron chi connectivity index (χ1n) is 9.77. The maximum Gasteiger partial charge on any atom is 0.233 e. The van der Waals surface area contributed by atoms with Crippen LogP contribution in [-0.4, -0.2) is 75.9 Å². The van der Waals surface area contributed by atoms with Crippen LogP contribution in [0.5, 0.6) is 5.88 Å². The lowest BCUT2D eigenvalue weighted by Crippen LogP contribution is -2.45. The van der Waals surface area contributed by atoms with E-state index in [4.69, 9.17) is 4.74 Å². The second-order valence-electron chi connectivity index (χ2n) is 7.37. The number of piperazine rings is 1. The molecule has 1 fully saturated rings. The Hall–Kier alpha value is -2.48. The predicted octanol–water partition coefficient (Wildman–Crippen LogP) is 2.08. The van der Waals surface area contributed by atoms with E-state index in [9.17, 15) is 5.11 Å². The molecule has 3 aromatic rings. The minimum atomic E-state index is -0.587. The van der Waals surface area contributed by atoms with E-state index in [1.165, 1.54) is 0 Å². The number of rotatable bonds is 6. The third kappa shape index (κ3) is 4.01. The Labute approximate surface area is 165 Å². The third-order valence-corrected chi connectivity index (χ3v) is 5.30. The van der Waals surface area contributed by atoms with Gasteiger partial charge in [0.1, 0.15) is 12.3 Å². The van der Waals surface area contributed by atoms with Gasteiger partial charge in [-0.3, -0.25) is 4.90 Å². The van der Waals surface area contributed by atoms with Gasteiger partial charge in [-0.1, -0.05) is 6.07 Å². The summed E-state index contributed by atoms with van der Waals surface area (Å²) in [5.41, 5.74) is 3.43. The van der Waals surface area contributed by atoms with Gasteiger partial charge in [-0.15, -0.1) is 10.2 Å². The maximum atomic E-state index is 10.2. The Morgan fingerprint density at radius 2 is 1.93 bits per heavy atom. The molecule has 0 spiro atoms. The van der Waals surface area contributed by atoms with Crippen LogP contribution in [0, 0.1) is 0 Å². The number of hydrogen-bond donors (Lipinski definition) is 1. The standard InChI is InChI=1S/C21H27N5O2/c1-16(27)18-15-17-5-3-4-8-26(17)21(18)19-6-7-20(23-22-19)28-14-13-25-11-9-24(2)10-12-25/h3-8,15-16,27H,9-14H2,1-2H3. The third-order valence-electron chi connectivity index (χ3n) is 5.30. The minimum Gasteiger partial charge on any atom is -0.475 e. The number of likely N-dealkylation sites (N-methyl/N-ethyl adjacent to an activating group) is 1. The summed E-state index contributed by atoms with van der Waals surface area (Å²) < 4.78 is 7.82. The lowest BCUT2D eigenvalue weighted by molar-refractivity contribution is 0.132. The Bertz CT molecular complexity index is 914. The molecular weight excluding hydrogens is 354 g/mol. The molecule has 4 rings (SSSR count). The van der Waals surface area contributed by atoms with Gasteiger partial charge in [-0.05, 0) is 38.2 Å².